The smallest absolute Gasteiger partial charge is 0.309 e. The number of fused-ring (bicyclic) bond motifs is 2. The monoisotopic (exact) mass is 224 g/mol. The number of aliphatic hydroxyl groups is 1. The van der Waals surface area contributed by atoms with Gasteiger partial charge in [0.15, 0.2) is 0 Å². The zero-order valence-electron chi connectivity index (χ0n) is 9.76. The molecule has 0 bridgehead atoms. The molecular weight excluding hydrogens is 204 g/mol. The Labute approximate surface area is 96.2 Å². The van der Waals surface area contributed by atoms with E-state index in [0.29, 0.717) is 11.8 Å². The molecule has 0 amide bonds. The molecule has 0 spiro atoms. The standard InChI is InChI=1S/C13H20O3/c1-7-11-10(13(15)16-7)6-8-4-2-3-5-9(8)12(11)14/h7-12,14H,2-6H2,1H3/t7-,8+,9?,10-,11-,12+/m1/s1. The minimum atomic E-state index is -0.314. The van der Waals surface area contributed by atoms with E-state index in [1.807, 2.05) is 6.92 Å². The lowest BCUT2D eigenvalue weighted by atomic mass is 9.61. The Morgan fingerprint density at radius 3 is 2.88 bits per heavy atom. The Morgan fingerprint density at radius 2 is 2.06 bits per heavy atom. The average Bonchev–Trinajstić information content (AvgIpc) is 2.55. The number of hydrogen-bond acceptors (Lipinski definition) is 3. The third-order valence-corrected chi connectivity index (χ3v) is 4.97. The molecule has 3 rings (SSSR count). The van der Waals surface area contributed by atoms with E-state index < -0.39 is 0 Å². The van der Waals surface area contributed by atoms with Crippen LogP contribution in [0, 0.1) is 23.7 Å². The Kier molecular flexibility index (Phi) is 2.46. The number of hydrogen-bond donors (Lipinski definition) is 1. The molecule has 1 N–H and O–H groups in total. The van der Waals surface area contributed by atoms with Crippen LogP contribution in [0.15, 0.2) is 0 Å². The van der Waals surface area contributed by atoms with Gasteiger partial charge in [0.2, 0.25) is 0 Å². The van der Waals surface area contributed by atoms with Gasteiger partial charge in [-0.25, -0.2) is 0 Å². The first kappa shape index (κ1) is 10.6. The van der Waals surface area contributed by atoms with Crippen LogP contribution in [-0.2, 0) is 9.53 Å². The summed E-state index contributed by atoms with van der Waals surface area (Å²) in [7, 11) is 0. The van der Waals surface area contributed by atoms with Gasteiger partial charge in [-0.2, -0.15) is 0 Å². The van der Waals surface area contributed by atoms with Crippen LogP contribution in [0.25, 0.3) is 0 Å². The molecule has 3 nitrogen and oxygen atoms in total. The highest BCUT2D eigenvalue weighted by Gasteiger charge is 2.54. The predicted molar refractivity (Wildman–Crippen MR) is 58.6 cm³/mol. The van der Waals surface area contributed by atoms with Crippen molar-refractivity contribution < 1.29 is 14.6 Å². The van der Waals surface area contributed by atoms with Crippen molar-refractivity contribution in [2.24, 2.45) is 23.7 Å². The van der Waals surface area contributed by atoms with Gasteiger partial charge in [0.1, 0.15) is 6.10 Å². The lowest BCUT2D eigenvalue weighted by Crippen LogP contribution is -2.47. The van der Waals surface area contributed by atoms with Crippen LogP contribution in [0.4, 0.5) is 0 Å². The Bertz CT molecular complexity index is 302. The Balaban J connectivity index is 1.86. The van der Waals surface area contributed by atoms with Gasteiger partial charge in [-0.15, -0.1) is 0 Å². The molecule has 1 aliphatic heterocycles. The quantitative estimate of drug-likeness (QED) is 0.637. The second-order valence-corrected chi connectivity index (χ2v) is 5.76. The lowest BCUT2D eigenvalue weighted by molar-refractivity contribution is -0.144. The van der Waals surface area contributed by atoms with Crippen molar-refractivity contribution >= 4 is 5.97 Å². The van der Waals surface area contributed by atoms with Crippen molar-refractivity contribution in [1.82, 2.24) is 0 Å². The number of ether oxygens (including phenoxy) is 1. The second kappa shape index (κ2) is 3.73. The molecule has 0 aromatic carbocycles. The van der Waals surface area contributed by atoms with Gasteiger partial charge in [0.05, 0.1) is 12.0 Å². The molecule has 6 atom stereocenters. The number of cyclic esters (lactones) is 1. The van der Waals surface area contributed by atoms with Gasteiger partial charge in [0, 0.05) is 5.92 Å². The minimum absolute atomic E-state index is 0.0238. The summed E-state index contributed by atoms with van der Waals surface area (Å²) in [5.74, 6) is 0.951. The molecule has 0 aromatic rings. The lowest BCUT2D eigenvalue weighted by Gasteiger charge is -2.44. The fourth-order valence-electron chi connectivity index (χ4n) is 4.19. The number of aliphatic hydroxyl groups excluding tert-OH is 1. The largest absolute Gasteiger partial charge is 0.462 e. The topological polar surface area (TPSA) is 46.5 Å². The molecule has 16 heavy (non-hydrogen) atoms. The second-order valence-electron chi connectivity index (χ2n) is 5.76. The fraction of sp³-hybridized carbons (Fsp3) is 0.923. The van der Waals surface area contributed by atoms with Crippen molar-refractivity contribution in [3.05, 3.63) is 0 Å². The third-order valence-electron chi connectivity index (χ3n) is 4.97. The molecule has 1 heterocycles. The van der Waals surface area contributed by atoms with E-state index >= 15 is 0 Å². The summed E-state index contributed by atoms with van der Waals surface area (Å²) in [6.07, 6.45) is 5.37. The molecule has 3 fully saturated rings. The van der Waals surface area contributed by atoms with E-state index in [4.69, 9.17) is 4.74 Å². The van der Waals surface area contributed by atoms with Crippen molar-refractivity contribution in [3.8, 4) is 0 Å². The van der Waals surface area contributed by atoms with Crippen LogP contribution in [0.5, 0.6) is 0 Å². The number of rotatable bonds is 0. The molecule has 0 radical (unpaired) electrons. The summed E-state index contributed by atoms with van der Waals surface area (Å²) < 4.78 is 5.29. The van der Waals surface area contributed by atoms with Crippen molar-refractivity contribution in [2.75, 3.05) is 0 Å². The SMILES string of the molecule is C[C@H]1OC(=O)[C@@H]2C[C@@H]3CCCCC3[C@H](O)[C@H]12. The van der Waals surface area contributed by atoms with Gasteiger partial charge in [0.25, 0.3) is 0 Å². The van der Waals surface area contributed by atoms with E-state index in [0.717, 1.165) is 12.8 Å². The highest BCUT2D eigenvalue weighted by Crippen LogP contribution is 2.49. The maximum atomic E-state index is 11.7. The van der Waals surface area contributed by atoms with Crippen LogP contribution in [0.2, 0.25) is 0 Å². The average molecular weight is 224 g/mol. The van der Waals surface area contributed by atoms with Crippen LogP contribution in [0.1, 0.15) is 39.0 Å². The van der Waals surface area contributed by atoms with Gasteiger partial charge in [-0.1, -0.05) is 19.3 Å². The summed E-state index contributed by atoms with van der Waals surface area (Å²) in [5.41, 5.74) is 0. The molecular formula is C13H20O3. The van der Waals surface area contributed by atoms with Crippen molar-refractivity contribution in [3.63, 3.8) is 0 Å². The van der Waals surface area contributed by atoms with Crippen LogP contribution < -0.4 is 0 Å². The van der Waals surface area contributed by atoms with Gasteiger partial charge in [-0.05, 0) is 31.6 Å². The summed E-state index contributed by atoms with van der Waals surface area (Å²) in [4.78, 5) is 11.7. The summed E-state index contributed by atoms with van der Waals surface area (Å²) in [6.45, 7) is 1.93. The maximum absolute atomic E-state index is 11.7. The number of carbonyl (C=O) groups excluding carboxylic acids is 1. The van der Waals surface area contributed by atoms with E-state index in [1.54, 1.807) is 0 Å². The number of esters is 1. The molecule has 2 saturated carbocycles. The van der Waals surface area contributed by atoms with Crippen LogP contribution in [0.3, 0.4) is 0 Å². The Morgan fingerprint density at radius 1 is 1.31 bits per heavy atom. The summed E-state index contributed by atoms with van der Waals surface area (Å²) in [6, 6.07) is 0. The molecule has 3 heteroatoms. The third kappa shape index (κ3) is 1.41. The molecule has 1 saturated heterocycles. The molecule has 90 valence electrons. The first-order valence-electron chi connectivity index (χ1n) is 6.57. The van der Waals surface area contributed by atoms with Gasteiger partial charge in [-0.3, -0.25) is 4.79 Å². The van der Waals surface area contributed by atoms with Crippen molar-refractivity contribution in [2.45, 2.75) is 51.2 Å². The van der Waals surface area contributed by atoms with Gasteiger partial charge >= 0.3 is 5.97 Å². The fourth-order valence-corrected chi connectivity index (χ4v) is 4.19. The molecule has 2 aliphatic carbocycles. The van der Waals surface area contributed by atoms with Crippen LogP contribution >= 0.6 is 0 Å². The first-order chi connectivity index (χ1) is 7.68. The molecule has 1 unspecified atom stereocenters. The van der Waals surface area contributed by atoms with Crippen molar-refractivity contribution in [1.29, 1.82) is 0 Å². The normalized spacial score (nSPS) is 51.8. The van der Waals surface area contributed by atoms with E-state index in [-0.39, 0.29) is 30.0 Å². The first-order valence-corrected chi connectivity index (χ1v) is 6.57. The predicted octanol–water partition coefficient (Wildman–Crippen LogP) is 1.74. The van der Waals surface area contributed by atoms with E-state index in [9.17, 15) is 9.90 Å². The van der Waals surface area contributed by atoms with Crippen LogP contribution in [-0.4, -0.2) is 23.3 Å². The highest BCUT2D eigenvalue weighted by atomic mass is 16.6. The highest BCUT2D eigenvalue weighted by molar-refractivity contribution is 5.75. The maximum Gasteiger partial charge on any atom is 0.309 e. The zero-order chi connectivity index (χ0) is 11.3. The summed E-state index contributed by atoms with van der Waals surface area (Å²) >= 11 is 0. The minimum Gasteiger partial charge on any atom is -0.462 e. The summed E-state index contributed by atoms with van der Waals surface area (Å²) in [5, 5.41) is 10.4. The van der Waals surface area contributed by atoms with E-state index in [2.05, 4.69) is 0 Å². The van der Waals surface area contributed by atoms with Gasteiger partial charge < -0.3 is 9.84 Å². The van der Waals surface area contributed by atoms with E-state index in [1.165, 1.54) is 19.3 Å². The molecule has 3 aliphatic rings. The Hall–Kier alpha value is -0.570. The molecule has 0 aromatic heterocycles. The zero-order valence-corrected chi connectivity index (χ0v) is 9.76. The number of carbonyl (C=O) groups is 1.